The quantitative estimate of drug-likeness (QED) is 0.551. The maximum atomic E-state index is 11.4. The van der Waals surface area contributed by atoms with Crippen LogP contribution in [-0.2, 0) is 9.53 Å². The van der Waals surface area contributed by atoms with Crippen molar-refractivity contribution < 1.29 is 14.6 Å². The van der Waals surface area contributed by atoms with Crippen LogP contribution >= 0.6 is 0 Å². The van der Waals surface area contributed by atoms with E-state index in [1.54, 1.807) is 0 Å². The Labute approximate surface area is 96.6 Å². The molecule has 1 fully saturated rings. The average molecular weight is 230 g/mol. The van der Waals surface area contributed by atoms with E-state index in [-0.39, 0.29) is 24.7 Å². The van der Waals surface area contributed by atoms with Crippen molar-refractivity contribution >= 4 is 5.91 Å². The first-order valence-electron chi connectivity index (χ1n) is 5.78. The van der Waals surface area contributed by atoms with Crippen LogP contribution in [0.3, 0.4) is 0 Å². The molecule has 94 valence electrons. The molecule has 3 N–H and O–H groups in total. The van der Waals surface area contributed by atoms with Gasteiger partial charge in [0, 0.05) is 26.2 Å². The summed E-state index contributed by atoms with van der Waals surface area (Å²) in [4.78, 5) is 11.4. The highest BCUT2D eigenvalue weighted by Crippen LogP contribution is 2.14. The van der Waals surface area contributed by atoms with Crippen molar-refractivity contribution in [1.29, 1.82) is 0 Å². The highest BCUT2D eigenvalue weighted by Gasteiger charge is 2.32. The van der Waals surface area contributed by atoms with Gasteiger partial charge in [0.15, 0.2) is 0 Å². The summed E-state index contributed by atoms with van der Waals surface area (Å²) in [5.41, 5.74) is -0.173. The Morgan fingerprint density at radius 3 is 2.81 bits per heavy atom. The molecule has 0 aromatic rings. The van der Waals surface area contributed by atoms with Crippen molar-refractivity contribution in [3.05, 3.63) is 0 Å². The molecule has 1 saturated heterocycles. The van der Waals surface area contributed by atoms with Crippen LogP contribution in [0.5, 0.6) is 0 Å². The predicted molar refractivity (Wildman–Crippen MR) is 61.1 cm³/mol. The molecule has 5 nitrogen and oxygen atoms in total. The average Bonchev–Trinajstić information content (AvgIpc) is 2.21. The molecule has 5 heteroatoms. The van der Waals surface area contributed by atoms with E-state index >= 15 is 0 Å². The van der Waals surface area contributed by atoms with Crippen molar-refractivity contribution in [2.24, 2.45) is 5.92 Å². The minimum absolute atomic E-state index is 0.0853. The molecule has 1 rings (SSSR count). The zero-order chi connectivity index (χ0) is 12.0. The van der Waals surface area contributed by atoms with Gasteiger partial charge in [-0.3, -0.25) is 4.79 Å². The van der Waals surface area contributed by atoms with Crippen LogP contribution in [0.2, 0.25) is 0 Å². The fraction of sp³-hybridized carbons (Fsp3) is 0.909. The molecule has 1 heterocycles. The van der Waals surface area contributed by atoms with Crippen LogP contribution in [-0.4, -0.2) is 49.5 Å². The molecule has 0 aromatic heterocycles. The number of ether oxygens (including phenoxy) is 1. The molecule has 0 spiro atoms. The molecule has 1 atom stereocenters. The fourth-order valence-electron chi connectivity index (χ4n) is 1.48. The van der Waals surface area contributed by atoms with E-state index in [0.717, 1.165) is 13.1 Å². The van der Waals surface area contributed by atoms with E-state index in [1.165, 1.54) is 0 Å². The third-order valence-corrected chi connectivity index (χ3v) is 2.82. The standard InChI is InChI=1S/C11H22N2O3/c1-9(3-4-14)5-13-10(15)6-16-11(2)7-12-8-11/h9,12,14H,3-8H2,1-2H3,(H,13,15). The molecule has 1 aliphatic rings. The second-order valence-electron chi connectivity index (χ2n) is 4.76. The third-order valence-electron chi connectivity index (χ3n) is 2.82. The van der Waals surface area contributed by atoms with Crippen LogP contribution in [0, 0.1) is 5.92 Å². The monoisotopic (exact) mass is 230 g/mol. The van der Waals surface area contributed by atoms with E-state index in [4.69, 9.17) is 9.84 Å². The van der Waals surface area contributed by atoms with Gasteiger partial charge in [0.2, 0.25) is 5.91 Å². The van der Waals surface area contributed by atoms with E-state index in [1.807, 2.05) is 13.8 Å². The molecule has 16 heavy (non-hydrogen) atoms. The summed E-state index contributed by atoms with van der Waals surface area (Å²) < 4.78 is 5.50. The highest BCUT2D eigenvalue weighted by atomic mass is 16.5. The zero-order valence-corrected chi connectivity index (χ0v) is 10.1. The Balaban J connectivity index is 2.06. The number of aliphatic hydroxyl groups excluding tert-OH is 1. The number of hydrogen-bond donors (Lipinski definition) is 3. The number of hydrogen-bond acceptors (Lipinski definition) is 4. The summed E-state index contributed by atoms with van der Waals surface area (Å²) in [5.74, 6) is 0.216. The number of amides is 1. The second kappa shape index (κ2) is 6.18. The zero-order valence-electron chi connectivity index (χ0n) is 10.1. The summed E-state index contributed by atoms with van der Waals surface area (Å²) in [7, 11) is 0. The summed E-state index contributed by atoms with van der Waals surface area (Å²) in [6.07, 6.45) is 0.711. The van der Waals surface area contributed by atoms with Gasteiger partial charge in [-0.25, -0.2) is 0 Å². The van der Waals surface area contributed by atoms with Crippen molar-refractivity contribution in [2.75, 3.05) is 32.8 Å². The normalized spacial score (nSPS) is 19.9. The fourth-order valence-corrected chi connectivity index (χ4v) is 1.48. The molecule has 1 unspecified atom stereocenters. The highest BCUT2D eigenvalue weighted by molar-refractivity contribution is 5.77. The third kappa shape index (κ3) is 4.47. The Kier molecular flexibility index (Phi) is 5.18. The number of rotatable bonds is 7. The van der Waals surface area contributed by atoms with Gasteiger partial charge in [-0.05, 0) is 19.3 Å². The molecule has 1 aliphatic heterocycles. The van der Waals surface area contributed by atoms with Crippen LogP contribution < -0.4 is 10.6 Å². The molecule has 0 aliphatic carbocycles. The topological polar surface area (TPSA) is 70.6 Å². The molecule has 0 saturated carbocycles. The largest absolute Gasteiger partial charge is 0.396 e. The smallest absolute Gasteiger partial charge is 0.246 e. The first kappa shape index (κ1) is 13.4. The van der Waals surface area contributed by atoms with E-state index in [9.17, 15) is 4.79 Å². The molecule has 1 amide bonds. The van der Waals surface area contributed by atoms with Crippen molar-refractivity contribution in [3.63, 3.8) is 0 Å². The minimum Gasteiger partial charge on any atom is -0.396 e. The molecule has 0 radical (unpaired) electrons. The van der Waals surface area contributed by atoms with Crippen molar-refractivity contribution in [1.82, 2.24) is 10.6 Å². The Morgan fingerprint density at radius 2 is 2.31 bits per heavy atom. The Morgan fingerprint density at radius 1 is 1.62 bits per heavy atom. The molecule has 0 bridgehead atoms. The van der Waals surface area contributed by atoms with Gasteiger partial charge in [0.25, 0.3) is 0 Å². The number of carbonyl (C=O) groups excluding carboxylic acids is 1. The maximum absolute atomic E-state index is 11.4. The van der Waals surface area contributed by atoms with Gasteiger partial charge in [0.05, 0.1) is 5.60 Å². The molecule has 0 aromatic carbocycles. The van der Waals surface area contributed by atoms with E-state index in [0.29, 0.717) is 18.9 Å². The van der Waals surface area contributed by atoms with E-state index in [2.05, 4.69) is 10.6 Å². The lowest BCUT2D eigenvalue weighted by molar-refractivity contribution is -0.136. The van der Waals surface area contributed by atoms with Gasteiger partial charge >= 0.3 is 0 Å². The number of carbonyl (C=O) groups is 1. The maximum Gasteiger partial charge on any atom is 0.246 e. The predicted octanol–water partition coefficient (Wildman–Crippen LogP) is -0.500. The van der Waals surface area contributed by atoms with Gasteiger partial charge in [-0.1, -0.05) is 6.92 Å². The minimum atomic E-state index is -0.173. The van der Waals surface area contributed by atoms with Gasteiger partial charge in [-0.2, -0.15) is 0 Å². The van der Waals surface area contributed by atoms with Crippen molar-refractivity contribution in [2.45, 2.75) is 25.9 Å². The summed E-state index contributed by atoms with van der Waals surface area (Å²) in [6.45, 7) is 6.47. The van der Waals surface area contributed by atoms with Crippen LogP contribution in [0.1, 0.15) is 20.3 Å². The van der Waals surface area contributed by atoms with Gasteiger partial charge < -0.3 is 20.5 Å². The van der Waals surface area contributed by atoms with Crippen LogP contribution in [0.4, 0.5) is 0 Å². The summed E-state index contributed by atoms with van der Waals surface area (Å²) in [5, 5.41) is 14.6. The first-order chi connectivity index (χ1) is 7.56. The summed E-state index contributed by atoms with van der Waals surface area (Å²) >= 11 is 0. The van der Waals surface area contributed by atoms with Crippen molar-refractivity contribution in [3.8, 4) is 0 Å². The lowest BCUT2D eigenvalue weighted by Crippen LogP contribution is -2.59. The van der Waals surface area contributed by atoms with Gasteiger partial charge in [0.1, 0.15) is 6.61 Å². The number of nitrogens with one attached hydrogen (secondary N) is 2. The second-order valence-corrected chi connectivity index (χ2v) is 4.76. The van der Waals surface area contributed by atoms with E-state index < -0.39 is 0 Å². The SMILES string of the molecule is CC(CCO)CNC(=O)COC1(C)CNC1. The first-order valence-corrected chi connectivity index (χ1v) is 5.78. The molecular formula is C11H22N2O3. The van der Waals surface area contributed by atoms with Gasteiger partial charge in [-0.15, -0.1) is 0 Å². The Bertz CT molecular complexity index is 229. The Hall–Kier alpha value is -0.650. The lowest BCUT2D eigenvalue weighted by Gasteiger charge is -2.38. The molecular weight excluding hydrogens is 208 g/mol. The summed E-state index contributed by atoms with van der Waals surface area (Å²) in [6, 6.07) is 0. The number of aliphatic hydroxyl groups is 1. The van der Waals surface area contributed by atoms with Crippen LogP contribution in [0.15, 0.2) is 0 Å². The lowest BCUT2D eigenvalue weighted by atomic mass is 10.0. The van der Waals surface area contributed by atoms with Crippen LogP contribution in [0.25, 0.3) is 0 Å².